The summed E-state index contributed by atoms with van der Waals surface area (Å²) in [6.45, 7) is 22.1. The molecule has 0 aromatic carbocycles. The summed E-state index contributed by atoms with van der Waals surface area (Å²) in [5.74, 6) is 0.575. The van der Waals surface area contributed by atoms with Crippen LogP contribution in [0.2, 0.25) is 0 Å². The molecule has 0 aromatic rings. The zero-order valence-corrected chi connectivity index (χ0v) is 23.2. The largest absolute Gasteiger partial charge is 0.458 e. The third kappa shape index (κ3) is 3.30. The van der Waals surface area contributed by atoms with Crippen molar-refractivity contribution in [2.45, 2.75) is 131 Å². The molecule has 196 valence electrons. The molecular weight excluding hydrogens is 432 g/mol. The summed E-state index contributed by atoms with van der Waals surface area (Å²) in [6, 6.07) is 0. The summed E-state index contributed by atoms with van der Waals surface area (Å²) < 4.78 is 31.3. The monoisotopic (exact) mass is 480 g/mol. The Kier molecular flexibility index (Phi) is 6.33. The predicted molar refractivity (Wildman–Crippen MR) is 130 cm³/mol. The lowest BCUT2D eigenvalue weighted by molar-refractivity contribution is -0.575. The van der Waals surface area contributed by atoms with Gasteiger partial charge in [0.25, 0.3) is 0 Å². The molecule has 34 heavy (non-hydrogen) atoms. The van der Waals surface area contributed by atoms with Crippen LogP contribution in [0.1, 0.15) is 101 Å². The van der Waals surface area contributed by atoms with Gasteiger partial charge in [0.2, 0.25) is 0 Å². The molecule has 6 nitrogen and oxygen atoms in total. The highest BCUT2D eigenvalue weighted by Gasteiger charge is 3.03. The number of rotatable bonds is 12. The van der Waals surface area contributed by atoms with Crippen molar-refractivity contribution in [1.29, 1.82) is 0 Å². The number of hydrogen-bond donors (Lipinski definition) is 0. The van der Waals surface area contributed by atoms with E-state index >= 15 is 0 Å². The minimum atomic E-state index is -0.540. The first kappa shape index (κ1) is 26.4. The highest BCUT2D eigenvalue weighted by molar-refractivity contribution is 5.78. The average molecular weight is 481 g/mol. The van der Waals surface area contributed by atoms with Crippen molar-refractivity contribution < 1.29 is 28.5 Å². The van der Waals surface area contributed by atoms with E-state index in [1.54, 1.807) is 0 Å². The van der Waals surface area contributed by atoms with Crippen LogP contribution in [0.25, 0.3) is 0 Å². The average Bonchev–Trinajstić information content (AvgIpc) is 2.63. The number of esters is 1. The van der Waals surface area contributed by atoms with Gasteiger partial charge in [0, 0.05) is 26.1 Å². The molecule has 6 heteroatoms. The molecule has 4 aliphatic rings. The van der Waals surface area contributed by atoms with Crippen LogP contribution in [0.15, 0.2) is 0 Å². The molecule has 0 heterocycles. The van der Waals surface area contributed by atoms with Crippen LogP contribution in [-0.4, -0.2) is 48.6 Å². The van der Waals surface area contributed by atoms with Crippen molar-refractivity contribution in [2.24, 2.45) is 28.1 Å². The number of ether oxygens (including phenoxy) is 5. The molecule has 8 atom stereocenters. The van der Waals surface area contributed by atoms with E-state index < -0.39 is 11.0 Å². The Morgan fingerprint density at radius 3 is 1.82 bits per heavy atom. The van der Waals surface area contributed by atoms with Crippen LogP contribution in [0.5, 0.6) is 0 Å². The quantitative estimate of drug-likeness (QED) is 0.257. The van der Waals surface area contributed by atoms with Gasteiger partial charge in [-0.2, -0.15) is 0 Å². The lowest BCUT2D eigenvalue weighted by Gasteiger charge is -2.96. The second kappa shape index (κ2) is 8.16. The van der Waals surface area contributed by atoms with Crippen LogP contribution in [0.4, 0.5) is 0 Å². The standard InChI is InChI=1S/C28H48O6/c1-11-30-19(5)32-25-13-21-14-26(34-22(29)24(10,18(3)4)15-23(7,8)9)17-27(16-25,28(21,25)26)33-20(6)31-12-2/h18-21H,11-17H2,1-10H3. The van der Waals surface area contributed by atoms with Gasteiger partial charge < -0.3 is 23.7 Å². The summed E-state index contributed by atoms with van der Waals surface area (Å²) in [7, 11) is 0. The van der Waals surface area contributed by atoms with Crippen molar-refractivity contribution >= 4 is 5.97 Å². The van der Waals surface area contributed by atoms with Crippen LogP contribution in [-0.2, 0) is 28.5 Å². The first-order valence-electron chi connectivity index (χ1n) is 13.5. The Bertz CT molecular complexity index is 783. The van der Waals surface area contributed by atoms with Gasteiger partial charge in [0.05, 0.1) is 22.0 Å². The zero-order chi connectivity index (χ0) is 25.4. The van der Waals surface area contributed by atoms with Crippen molar-refractivity contribution in [3.8, 4) is 0 Å². The fraction of sp³-hybridized carbons (Fsp3) is 0.964. The third-order valence-electron chi connectivity index (χ3n) is 9.57. The van der Waals surface area contributed by atoms with Crippen LogP contribution < -0.4 is 0 Å². The molecule has 0 bridgehead atoms. The minimum absolute atomic E-state index is 0.0300. The smallest absolute Gasteiger partial charge is 0.312 e. The normalized spacial score (nSPS) is 41.0. The van der Waals surface area contributed by atoms with Gasteiger partial charge in [-0.15, -0.1) is 0 Å². The number of hydrogen-bond acceptors (Lipinski definition) is 6. The third-order valence-corrected chi connectivity index (χ3v) is 9.57. The van der Waals surface area contributed by atoms with Crippen LogP contribution in [0.3, 0.4) is 0 Å². The maximum absolute atomic E-state index is 13.9. The summed E-state index contributed by atoms with van der Waals surface area (Å²) in [6.07, 6.45) is 3.64. The van der Waals surface area contributed by atoms with Gasteiger partial charge in [0.15, 0.2) is 12.6 Å². The van der Waals surface area contributed by atoms with E-state index in [-0.39, 0.29) is 46.5 Å². The van der Waals surface area contributed by atoms with Gasteiger partial charge in [0.1, 0.15) is 5.60 Å². The Morgan fingerprint density at radius 2 is 1.35 bits per heavy atom. The lowest BCUT2D eigenvalue weighted by Crippen LogP contribution is -3.05. The first-order chi connectivity index (χ1) is 15.7. The van der Waals surface area contributed by atoms with E-state index in [9.17, 15) is 4.79 Å². The summed E-state index contributed by atoms with van der Waals surface area (Å²) >= 11 is 0. The van der Waals surface area contributed by atoms with Crippen molar-refractivity contribution in [2.75, 3.05) is 13.2 Å². The van der Waals surface area contributed by atoms with Crippen molar-refractivity contribution in [1.82, 2.24) is 0 Å². The maximum Gasteiger partial charge on any atom is 0.312 e. The Labute approximate surface area is 206 Å². The van der Waals surface area contributed by atoms with Crippen LogP contribution in [0, 0.1) is 28.1 Å². The summed E-state index contributed by atoms with van der Waals surface area (Å²) in [4.78, 5) is 13.9. The highest BCUT2D eigenvalue weighted by Crippen LogP contribution is 2.94. The molecule has 0 N–H and O–H groups in total. The molecule has 0 aromatic heterocycles. The lowest BCUT2D eigenvalue weighted by atomic mass is 9.12. The number of carbonyl (C=O) groups excluding carboxylic acids is 1. The van der Waals surface area contributed by atoms with Crippen molar-refractivity contribution in [3.05, 3.63) is 0 Å². The molecule has 8 unspecified atom stereocenters. The molecule has 0 saturated heterocycles. The van der Waals surface area contributed by atoms with Gasteiger partial charge >= 0.3 is 5.97 Å². The Hall–Kier alpha value is -0.690. The van der Waals surface area contributed by atoms with E-state index in [2.05, 4.69) is 41.5 Å². The molecule has 0 radical (unpaired) electrons. The van der Waals surface area contributed by atoms with Gasteiger partial charge in [-0.1, -0.05) is 34.6 Å². The summed E-state index contributed by atoms with van der Waals surface area (Å²) in [5.41, 5.74) is -1.97. The fourth-order valence-electron chi connectivity index (χ4n) is 8.67. The van der Waals surface area contributed by atoms with Crippen LogP contribution >= 0.6 is 0 Å². The molecule has 4 aliphatic carbocycles. The molecule has 1 spiro atoms. The highest BCUT2D eigenvalue weighted by atomic mass is 16.7. The fourth-order valence-corrected chi connectivity index (χ4v) is 8.67. The predicted octanol–water partition coefficient (Wildman–Crippen LogP) is 5.86. The Morgan fingerprint density at radius 1 is 0.853 bits per heavy atom. The Balaban J connectivity index is 1.61. The van der Waals surface area contributed by atoms with E-state index in [0.29, 0.717) is 19.1 Å². The van der Waals surface area contributed by atoms with E-state index in [1.165, 1.54) is 0 Å². The van der Waals surface area contributed by atoms with E-state index in [1.807, 2.05) is 27.7 Å². The zero-order valence-electron chi connectivity index (χ0n) is 23.2. The summed E-state index contributed by atoms with van der Waals surface area (Å²) in [5, 5.41) is 0. The molecule has 4 saturated carbocycles. The minimum Gasteiger partial charge on any atom is -0.458 e. The number of carbonyl (C=O) groups is 1. The van der Waals surface area contributed by atoms with E-state index in [4.69, 9.17) is 23.7 Å². The second-order valence-corrected chi connectivity index (χ2v) is 13.2. The van der Waals surface area contributed by atoms with Gasteiger partial charge in [-0.05, 0) is 71.1 Å². The molecule has 4 rings (SSSR count). The molecule has 0 amide bonds. The molecule has 0 aliphatic heterocycles. The topological polar surface area (TPSA) is 63.2 Å². The SMILES string of the molecule is CCOC(C)OC12CC3CC4(OC(=O)C(C)(CC(C)(C)C)C(C)C)CC(OC(C)OCC)(C1)C342. The first-order valence-corrected chi connectivity index (χ1v) is 13.5. The van der Waals surface area contributed by atoms with Gasteiger partial charge in [-0.3, -0.25) is 4.79 Å². The molecule has 4 fully saturated rings. The molecular formula is C28H48O6. The second-order valence-electron chi connectivity index (χ2n) is 13.2. The van der Waals surface area contributed by atoms with Gasteiger partial charge in [-0.25, -0.2) is 0 Å². The van der Waals surface area contributed by atoms with Crippen molar-refractivity contribution in [3.63, 3.8) is 0 Å². The maximum atomic E-state index is 13.9. The van der Waals surface area contributed by atoms with E-state index in [0.717, 1.165) is 32.1 Å².